The molecule has 2 aromatic rings. The Morgan fingerprint density at radius 3 is 2.41 bits per heavy atom. The smallest absolute Gasteiger partial charge is 0.261 e. The van der Waals surface area contributed by atoms with Gasteiger partial charge < -0.3 is 5.32 Å². The van der Waals surface area contributed by atoms with Crippen LogP contribution in [-0.2, 0) is 11.2 Å². The fraction of sp³-hybridized carbons (Fsp3) is 0.214. The Kier molecular flexibility index (Phi) is 3.68. The average Bonchev–Trinajstić information content (AvgIpc) is 3.02. The largest absolute Gasteiger partial charge is 0.301 e. The maximum atomic E-state index is 12.2. The van der Waals surface area contributed by atoms with Crippen molar-refractivity contribution in [1.82, 2.24) is 15.1 Å². The van der Waals surface area contributed by atoms with Crippen LogP contribution in [0.15, 0.2) is 24.3 Å². The van der Waals surface area contributed by atoms with Crippen LogP contribution in [0.3, 0.4) is 0 Å². The summed E-state index contributed by atoms with van der Waals surface area (Å²) in [4.78, 5) is 36.5. The van der Waals surface area contributed by atoms with E-state index in [9.17, 15) is 14.4 Å². The molecule has 0 bridgehead atoms. The lowest BCUT2D eigenvalue weighted by atomic mass is 10.1. The van der Waals surface area contributed by atoms with Crippen molar-refractivity contribution < 1.29 is 14.4 Å². The van der Waals surface area contributed by atoms with E-state index in [0.717, 1.165) is 0 Å². The fourth-order valence-electron chi connectivity index (χ4n) is 2.21. The second-order valence-electron chi connectivity index (χ2n) is 4.74. The molecule has 0 fully saturated rings. The van der Waals surface area contributed by atoms with E-state index < -0.39 is 0 Å². The molecule has 112 valence electrons. The van der Waals surface area contributed by atoms with Crippen molar-refractivity contribution in [3.63, 3.8) is 0 Å². The number of anilines is 1. The fourth-order valence-corrected chi connectivity index (χ4v) is 2.98. The van der Waals surface area contributed by atoms with Gasteiger partial charge in [0, 0.05) is 19.9 Å². The molecule has 22 heavy (non-hydrogen) atoms. The van der Waals surface area contributed by atoms with Gasteiger partial charge in [0.1, 0.15) is 5.01 Å². The molecule has 0 saturated carbocycles. The van der Waals surface area contributed by atoms with Crippen molar-refractivity contribution in [3.05, 3.63) is 40.4 Å². The van der Waals surface area contributed by atoms with Gasteiger partial charge in [-0.25, -0.2) is 0 Å². The zero-order valence-corrected chi connectivity index (χ0v) is 12.5. The lowest BCUT2D eigenvalue weighted by molar-refractivity contribution is -0.114. The number of nitrogens with one attached hydrogen (secondary N) is 1. The predicted molar refractivity (Wildman–Crippen MR) is 79.7 cm³/mol. The van der Waals surface area contributed by atoms with E-state index in [4.69, 9.17) is 0 Å². The van der Waals surface area contributed by atoms with Crippen LogP contribution in [0.1, 0.15) is 32.6 Å². The number of carbonyl (C=O) groups excluding carboxylic acids is 3. The molecule has 0 spiro atoms. The number of imide groups is 1. The zero-order chi connectivity index (χ0) is 15.7. The lowest BCUT2D eigenvalue weighted by Crippen LogP contribution is -2.31. The molecule has 2 heterocycles. The third kappa shape index (κ3) is 2.60. The Labute approximate surface area is 130 Å². The van der Waals surface area contributed by atoms with Crippen LogP contribution in [-0.4, -0.2) is 39.4 Å². The second-order valence-corrected chi connectivity index (χ2v) is 5.80. The number of nitrogens with zero attached hydrogens (tertiary/aromatic N) is 3. The highest BCUT2D eigenvalue weighted by Crippen LogP contribution is 2.23. The number of fused-ring (bicyclic) bond motifs is 1. The van der Waals surface area contributed by atoms with Crippen molar-refractivity contribution in [2.75, 3.05) is 11.9 Å². The van der Waals surface area contributed by atoms with Gasteiger partial charge in [-0.1, -0.05) is 23.5 Å². The van der Waals surface area contributed by atoms with Gasteiger partial charge in [-0.05, 0) is 12.1 Å². The van der Waals surface area contributed by atoms with Crippen LogP contribution in [0, 0.1) is 0 Å². The molecular formula is C14H12N4O3S. The van der Waals surface area contributed by atoms with Gasteiger partial charge >= 0.3 is 0 Å². The zero-order valence-electron chi connectivity index (χ0n) is 11.7. The number of hydrogen-bond acceptors (Lipinski definition) is 6. The van der Waals surface area contributed by atoms with Gasteiger partial charge in [0.2, 0.25) is 11.0 Å². The van der Waals surface area contributed by atoms with Crippen LogP contribution in [0.2, 0.25) is 0 Å². The van der Waals surface area contributed by atoms with E-state index in [0.29, 0.717) is 27.7 Å². The van der Waals surface area contributed by atoms with Crippen molar-refractivity contribution in [3.8, 4) is 0 Å². The van der Waals surface area contributed by atoms with Crippen LogP contribution in [0.5, 0.6) is 0 Å². The molecule has 1 aliphatic rings. The predicted octanol–water partition coefficient (Wildman–Crippen LogP) is 1.34. The summed E-state index contributed by atoms with van der Waals surface area (Å²) in [5.74, 6) is -0.789. The van der Waals surface area contributed by atoms with Crippen molar-refractivity contribution in [1.29, 1.82) is 0 Å². The molecule has 0 aliphatic carbocycles. The normalized spacial score (nSPS) is 13.4. The van der Waals surface area contributed by atoms with Crippen molar-refractivity contribution in [2.45, 2.75) is 13.3 Å². The van der Waals surface area contributed by atoms with Crippen molar-refractivity contribution >= 4 is 34.2 Å². The Morgan fingerprint density at radius 1 is 1.18 bits per heavy atom. The molecule has 0 atom stereocenters. The molecule has 1 aromatic heterocycles. The second kappa shape index (κ2) is 5.64. The molecule has 3 amide bonds. The van der Waals surface area contributed by atoms with Gasteiger partial charge in [-0.15, -0.1) is 10.2 Å². The van der Waals surface area contributed by atoms with Crippen LogP contribution < -0.4 is 5.32 Å². The molecule has 1 aliphatic heterocycles. The van der Waals surface area contributed by atoms with Crippen molar-refractivity contribution in [2.24, 2.45) is 0 Å². The Balaban J connectivity index is 1.68. The van der Waals surface area contributed by atoms with Crippen LogP contribution in [0.4, 0.5) is 5.13 Å². The first kappa shape index (κ1) is 14.3. The van der Waals surface area contributed by atoms with Gasteiger partial charge in [-0.2, -0.15) is 0 Å². The van der Waals surface area contributed by atoms with Gasteiger partial charge in [-0.3, -0.25) is 19.3 Å². The summed E-state index contributed by atoms with van der Waals surface area (Å²) >= 11 is 1.23. The maximum absolute atomic E-state index is 12.2. The SMILES string of the molecule is CC(=O)Nc1nnc(CCN2C(=O)c3ccccc3C2=O)s1. The van der Waals surface area contributed by atoms with E-state index in [1.807, 2.05) is 0 Å². The summed E-state index contributed by atoms with van der Waals surface area (Å²) in [6.07, 6.45) is 0.405. The quantitative estimate of drug-likeness (QED) is 0.859. The molecule has 1 N–H and O–H groups in total. The molecule has 0 unspecified atom stereocenters. The maximum Gasteiger partial charge on any atom is 0.261 e. The Bertz CT molecular complexity index is 736. The van der Waals surface area contributed by atoms with E-state index in [2.05, 4.69) is 15.5 Å². The highest BCUT2D eigenvalue weighted by Gasteiger charge is 2.34. The van der Waals surface area contributed by atoms with Gasteiger partial charge in [0.15, 0.2) is 0 Å². The molecule has 7 nitrogen and oxygen atoms in total. The lowest BCUT2D eigenvalue weighted by Gasteiger charge is -2.11. The Hall–Kier alpha value is -2.61. The van der Waals surface area contributed by atoms with Crippen LogP contribution >= 0.6 is 11.3 Å². The van der Waals surface area contributed by atoms with Gasteiger partial charge in [0.25, 0.3) is 11.8 Å². The van der Waals surface area contributed by atoms with Gasteiger partial charge in [0.05, 0.1) is 11.1 Å². The molecular weight excluding hydrogens is 304 g/mol. The summed E-state index contributed by atoms with van der Waals surface area (Å²) in [5, 5.41) is 11.4. The van der Waals surface area contributed by atoms with E-state index in [1.165, 1.54) is 23.2 Å². The summed E-state index contributed by atoms with van der Waals surface area (Å²) in [6, 6.07) is 6.76. The first-order valence-corrected chi connectivity index (χ1v) is 7.43. The summed E-state index contributed by atoms with van der Waals surface area (Å²) in [6.45, 7) is 1.63. The standard InChI is InChI=1S/C14H12N4O3S/c1-8(19)15-14-17-16-11(22-14)6-7-18-12(20)9-4-2-3-5-10(9)13(18)21/h2-5H,6-7H2,1H3,(H,15,17,19). The number of rotatable bonds is 4. The first-order chi connectivity index (χ1) is 10.6. The summed E-state index contributed by atoms with van der Waals surface area (Å²) in [5.41, 5.74) is 0.868. The van der Waals surface area contributed by atoms with E-state index in [-0.39, 0.29) is 24.3 Å². The summed E-state index contributed by atoms with van der Waals surface area (Å²) in [7, 11) is 0. The highest BCUT2D eigenvalue weighted by atomic mass is 32.1. The minimum absolute atomic E-state index is 0.219. The molecule has 1 aromatic carbocycles. The van der Waals surface area contributed by atoms with E-state index in [1.54, 1.807) is 24.3 Å². The number of aromatic nitrogens is 2. The topological polar surface area (TPSA) is 92.3 Å². The minimum Gasteiger partial charge on any atom is -0.301 e. The summed E-state index contributed by atoms with van der Waals surface area (Å²) < 4.78 is 0. The third-order valence-corrected chi connectivity index (χ3v) is 4.08. The Morgan fingerprint density at radius 2 is 1.82 bits per heavy atom. The number of benzene rings is 1. The minimum atomic E-state index is -0.285. The third-order valence-electron chi connectivity index (χ3n) is 3.18. The van der Waals surface area contributed by atoms with Crippen LogP contribution in [0.25, 0.3) is 0 Å². The highest BCUT2D eigenvalue weighted by molar-refractivity contribution is 7.15. The molecule has 0 saturated heterocycles. The number of carbonyl (C=O) groups is 3. The van der Waals surface area contributed by atoms with E-state index >= 15 is 0 Å². The number of amides is 3. The molecule has 3 rings (SSSR count). The molecule has 8 heteroatoms. The first-order valence-electron chi connectivity index (χ1n) is 6.61. The average molecular weight is 316 g/mol. The monoisotopic (exact) mass is 316 g/mol. The number of hydrogen-bond donors (Lipinski definition) is 1. The molecule has 0 radical (unpaired) electrons.